The van der Waals surface area contributed by atoms with Crippen LogP contribution >= 0.6 is 11.3 Å². The lowest BCUT2D eigenvalue weighted by Crippen LogP contribution is -2.48. The van der Waals surface area contributed by atoms with E-state index in [4.69, 9.17) is 13.9 Å². The third-order valence-corrected chi connectivity index (χ3v) is 8.82. The van der Waals surface area contributed by atoms with Gasteiger partial charge in [-0.2, -0.15) is 0 Å². The summed E-state index contributed by atoms with van der Waals surface area (Å²) in [6.45, 7) is 2.81. The summed E-state index contributed by atoms with van der Waals surface area (Å²) in [5.41, 5.74) is 3.33. The Morgan fingerprint density at radius 3 is 2.46 bits per heavy atom. The first-order valence-electron chi connectivity index (χ1n) is 15.9. The zero-order valence-corrected chi connectivity index (χ0v) is 29.0. The Hall–Kier alpha value is -5.37. The van der Waals surface area contributed by atoms with Crippen molar-refractivity contribution in [2.24, 2.45) is 0 Å². The van der Waals surface area contributed by atoms with E-state index >= 15 is 0 Å². The molecule has 2 heterocycles. The molecule has 2 atom stereocenters. The normalized spacial score (nSPS) is 12.2. The molecule has 0 aliphatic heterocycles. The highest BCUT2D eigenvalue weighted by Gasteiger charge is 2.25. The van der Waals surface area contributed by atoms with Crippen LogP contribution in [0.3, 0.4) is 0 Å². The number of thiazole rings is 1. The third kappa shape index (κ3) is 9.41. The molecule has 2 aromatic heterocycles. The summed E-state index contributed by atoms with van der Waals surface area (Å²) < 4.78 is 15.6. The summed E-state index contributed by atoms with van der Waals surface area (Å²) in [6.07, 6.45) is 0.520. The van der Waals surface area contributed by atoms with Gasteiger partial charge in [-0.05, 0) is 54.8 Å². The second kappa shape index (κ2) is 16.8. The number of hydrogen-bond acceptors (Lipinski definition) is 11. The lowest BCUT2D eigenvalue weighted by atomic mass is 9.99. The molecule has 3 N–H and O–H groups in total. The van der Waals surface area contributed by atoms with E-state index in [1.165, 1.54) is 35.5 Å². The Kier molecular flexibility index (Phi) is 12.1. The highest BCUT2D eigenvalue weighted by atomic mass is 32.1. The van der Waals surface area contributed by atoms with Gasteiger partial charge in [-0.1, -0.05) is 42.5 Å². The van der Waals surface area contributed by atoms with Gasteiger partial charge < -0.3 is 34.5 Å². The lowest BCUT2D eigenvalue weighted by molar-refractivity contribution is 0.0593. The highest BCUT2D eigenvalue weighted by Crippen LogP contribution is 2.25. The molecular formula is C37H39N5O7S. The fourth-order valence-electron chi connectivity index (χ4n) is 5.27. The van der Waals surface area contributed by atoms with E-state index in [0.29, 0.717) is 18.5 Å². The summed E-state index contributed by atoms with van der Waals surface area (Å²) in [5.74, 6) is -0.825. The summed E-state index contributed by atoms with van der Waals surface area (Å²) >= 11 is 1.45. The first-order valence-corrected chi connectivity index (χ1v) is 16.7. The number of nitrogens with zero attached hydrogens (tertiary/aromatic N) is 3. The van der Waals surface area contributed by atoms with Gasteiger partial charge in [0.25, 0.3) is 11.8 Å². The zero-order chi connectivity index (χ0) is 35.6. The molecule has 0 saturated heterocycles. The maximum Gasteiger partial charge on any atom is 0.360 e. The number of oxazole rings is 1. The number of aliphatic hydroxyl groups excluding tert-OH is 1. The summed E-state index contributed by atoms with van der Waals surface area (Å²) in [7, 11) is 4.48. The number of rotatable bonds is 15. The van der Waals surface area contributed by atoms with Crippen molar-refractivity contribution in [1.82, 2.24) is 25.5 Å². The Balaban J connectivity index is 1.41. The summed E-state index contributed by atoms with van der Waals surface area (Å²) in [5, 5.41) is 20.3. The number of aromatic nitrogens is 2. The van der Waals surface area contributed by atoms with Crippen LogP contribution < -0.4 is 15.4 Å². The number of amides is 2. The van der Waals surface area contributed by atoms with Gasteiger partial charge in [0.2, 0.25) is 5.89 Å². The van der Waals surface area contributed by atoms with Crippen molar-refractivity contribution in [1.29, 1.82) is 0 Å². The maximum absolute atomic E-state index is 14.0. The van der Waals surface area contributed by atoms with Crippen LogP contribution in [-0.2, 0) is 24.2 Å². The SMILES string of the molecule is COC(=O)c1coc(-c2cc(C(=O)N[C@@H](Cc3ccccc3)[C@H](O)CNCc3cccc(OC)c3)cc(C(=O)N(C)Cc3nc(C)cs3)c2)n1. The molecule has 3 aromatic carbocycles. The molecule has 0 bridgehead atoms. The van der Waals surface area contributed by atoms with Crippen LogP contribution in [0.2, 0.25) is 0 Å². The van der Waals surface area contributed by atoms with E-state index in [0.717, 1.165) is 33.8 Å². The number of hydrogen-bond donors (Lipinski definition) is 3. The van der Waals surface area contributed by atoms with Crippen LogP contribution in [0.15, 0.2) is 88.9 Å². The van der Waals surface area contributed by atoms with Crippen molar-refractivity contribution in [3.8, 4) is 17.2 Å². The van der Waals surface area contributed by atoms with Crippen molar-refractivity contribution in [2.45, 2.75) is 38.6 Å². The molecule has 50 heavy (non-hydrogen) atoms. The topological polar surface area (TPSA) is 156 Å². The Labute approximate surface area is 294 Å². The molecule has 260 valence electrons. The number of methoxy groups -OCH3 is 2. The largest absolute Gasteiger partial charge is 0.497 e. The molecule has 0 fully saturated rings. The lowest BCUT2D eigenvalue weighted by Gasteiger charge is -2.25. The van der Waals surface area contributed by atoms with E-state index in [-0.39, 0.29) is 41.7 Å². The first kappa shape index (κ1) is 35.9. The van der Waals surface area contributed by atoms with Gasteiger partial charge >= 0.3 is 5.97 Å². The Morgan fingerprint density at radius 1 is 0.980 bits per heavy atom. The van der Waals surface area contributed by atoms with E-state index < -0.39 is 24.0 Å². The van der Waals surface area contributed by atoms with Crippen molar-refractivity contribution in [3.63, 3.8) is 0 Å². The molecule has 0 radical (unpaired) electrons. The molecule has 13 heteroatoms. The second-order valence-corrected chi connectivity index (χ2v) is 12.6. The average Bonchev–Trinajstić information content (AvgIpc) is 3.80. The molecule has 12 nitrogen and oxygen atoms in total. The van der Waals surface area contributed by atoms with Crippen LogP contribution in [0.1, 0.15) is 53.0 Å². The average molecular weight is 698 g/mol. The molecule has 0 aliphatic carbocycles. The third-order valence-electron chi connectivity index (χ3n) is 7.87. The van der Waals surface area contributed by atoms with Crippen molar-refractivity contribution >= 4 is 29.1 Å². The predicted molar refractivity (Wildman–Crippen MR) is 188 cm³/mol. The van der Waals surface area contributed by atoms with Gasteiger partial charge in [0.05, 0.1) is 32.9 Å². The maximum atomic E-state index is 14.0. The molecule has 0 unspecified atom stereocenters. The Bertz CT molecular complexity index is 1930. The zero-order valence-electron chi connectivity index (χ0n) is 28.2. The van der Waals surface area contributed by atoms with Crippen LogP contribution in [-0.4, -0.2) is 77.7 Å². The standard InChI is InChI=1S/C37H39N5O7S/c1-23-22-50-33(39-23)20-42(2)36(45)28-16-26(15-27(17-28)35-41-31(21-49-35)37(46)48-4)34(44)40-30(14-24-9-6-5-7-10-24)32(43)19-38-18-25-11-8-12-29(13-25)47-3/h5-13,15-17,21-22,30,32,38,43H,14,18-20H2,1-4H3,(H,40,44)/t30-,32+/m0/s1. The quantitative estimate of drug-likeness (QED) is 0.132. The van der Waals surface area contributed by atoms with Gasteiger partial charge in [-0.3, -0.25) is 9.59 Å². The number of benzene rings is 3. The monoisotopic (exact) mass is 697 g/mol. The van der Waals surface area contributed by atoms with Crippen molar-refractivity contribution in [3.05, 3.63) is 123 Å². The molecule has 5 aromatic rings. The van der Waals surface area contributed by atoms with E-state index in [1.54, 1.807) is 20.2 Å². The molecule has 0 aliphatic rings. The van der Waals surface area contributed by atoms with E-state index in [1.807, 2.05) is 66.9 Å². The smallest absolute Gasteiger partial charge is 0.360 e. The van der Waals surface area contributed by atoms with Gasteiger partial charge in [0.1, 0.15) is 17.0 Å². The molecule has 0 spiro atoms. The number of nitrogens with one attached hydrogen (secondary N) is 2. The van der Waals surface area contributed by atoms with Gasteiger partial charge in [0.15, 0.2) is 5.69 Å². The number of aryl methyl sites for hydroxylation is 1. The van der Waals surface area contributed by atoms with Crippen LogP contribution in [0.25, 0.3) is 11.5 Å². The van der Waals surface area contributed by atoms with Gasteiger partial charge in [0, 0.05) is 47.9 Å². The van der Waals surface area contributed by atoms with Crippen molar-refractivity contribution in [2.75, 3.05) is 27.8 Å². The van der Waals surface area contributed by atoms with Crippen LogP contribution in [0, 0.1) is 6.92 Å². The van der Waals surface area contributed by atoms with Gasteiger partial charge in [-0.25, -0.2) is 14.8 Å². The second-order valence-electron chi connectivity index (χ2n) is 11.7. The minimum Gasteiger partial charge on any atom is -0.497 e. The van der Waals surface area contributed by atoms with Crippen LogP contribution in [0.4, 0.5) is 0 Å². The number of esters is 1. The summed E-state index contributed by atoms with van der Waals surface area (Å²) in [4.78, 5) is 50.0. The van der Waals surface area contributed by atoms with E-state index in [2.05, 4.69) is 20.6 Å². The minimum absolute atomic E-state index is 0.0231. The van der Waals surface area contributed by atoms with E-state index in [9.17, 15) is 19.5 Å². The fraction of sp³-hybridized carbons (Fsp3) is 0.270. The molecule has 2 amide bonds. The molecule has 5 rings (SSSR count). The molecular weight excluding hydrogens is 659 g/mol. The predicted octanol–water partition coefficient (Wildman–Crippen LogP) is 4.67. The number of aliphatic hydroxyl groups is 1. The van der Waals surface area contributed by atoms with Crippen molar-refractivity contribution < 1.29 is 33.4 Å². The van der Waals surface area contributed by atoms with Gasteiger partial charge in [-0.15, -0.1) is 11.3 Å². The minimum atomic E-state index is -0.976. The highest BCUT2D eigenvalue weighted by molar-refractivity contribution is 7.09. The Morgan fingerprint density at radius 2 is 1.74 bits per heavy atom. The number of carbonyl (C=O) groups is 3. The first-order chi connectivity index (χ1) is 24.1. The fourth-order valence-corrected chi connectivity index (χ4v) is 6.10. The number of carbonyl (C=O) groups excluding carboxylic acids is 3. The van der Waals surface area contributed by atoms with Crippen LogP contribution in [0.5, 0.6) is 5.75 Å². The number of ether oxygens (including phenoxy) is 2. The summed E-state index contributed by atoms with van der Waals surface area (Å²) in [6, 6.07) is 21.0. The molecule has 0 saturated carbocycles.